The van der Waals surface area contributed by atoms with Crippen molar-refractivity contribution in [2.45, 2.75) is 6.42 Å². The predicted octanol–water partition coefficient (Wildman–Crippen LogP) is 2.06. The molecule has 0 saturated heterocycles. The Morgan fingerprint density at radius 1 is 0.750 bits per heavy atom. The molecule has 3 rings (SSSR count). The van der Waals surface area contributed by atoms with Crippen molar-refractivity contribution < 1.29 is 14.4 Å². The lowest BCUT2D eigenvalue weighted by Crippen LogP contribution is -2.43. The Kier molecular flexibility index (Phi) is 6.20. The van der Waals surface area contributed by atoms with Crippen molar-refractivity contribution in [3.8, 4) is 5.69 Å². The van der Waals surface area contributed by atoms with Crippen molar-refractivity contribution >= 4 is 17.7 Å². The first-order chi connectivity index (χ1) is 13.6. The summed E-state index contributed by atoms with van der Waals surface area (Å²) in [5, 5.41) is 2.66. The molecule has 0 aliphatic rings. The number of hydrazine groups is 1. The molecule has 0 bridgehead atoms. The lowest BCUT2D eigenvalue weighted by Gasteiger charge is -2.12. The molecule has 3 amide bonds. The molecule has 0 fully saturated rings. The Hall–Kier alpha value is -3.87. The summed E-state index contributed by atoms with van der Waals surface area (Å²) in [4.78, 5) is 36.3. The van der Waals surface area contributed by atoms with Gasteiger partial charge in [0.1, 0.15) is 0 Å². The van der Waals surface area contributed by atoms with Gasteiger partial charge in [-0.3, -0.25) is 25.2 Å². The average Bonchev–Trinajstić information content (AvgIpc) is 3.27. The number of amides is 3. The molecule has 0 spiro atoms. The van der Waals surface area contributed by atoms with Gasteiger partial charge < -0.3 is 9.88 Å². The van der Waals surface area contributed by atoms with Crippen LogP contribution in [0.5, 0.6) is 0 Å². The molecule has 3 N–H and O–H groups in total. The number of rotatable bonds is 6. The van der Waals surface area contributed by atoms with Crippen LogP contribution in [-0.2, 0) is 4.79 Å². The molecule has 7 nitrogen and oxygen atoms in total. The van der Waals surface area contributed by atoms with E-state index in [0.717, 1.165) is 0 Å². The first-order valence-corrected chi connectivity index (χ1v) is 8.80. The van der Waals surface area contributed by atoms with Gasteiger partial charge in [-0.2, -0.15) is 0 Å². The number of nitrogens with one attached hydrogen (secondary N) is 3. The maximum Gasteiger partial charge on any atom is 0.271 e. The normalized spacial score (nSPS) is 10.1. The second kappa shape index (κ2) is 9.18. The number of hydrogen-bond donors (Lipinski definition) is 3. The van der Waals surface area contributed by atoms with Crippen molar-refractivity contribution in [1.82, 2.24) is 20.7 Å². The highest BCUT2D eigenvalue weighted by Crippen LogP contribution is 2.14. The van der Waals surface area contributed by atoms with E-state index in [1.54, 1.807) is 36.4 Å². The maximum absolute atomic E-state index is 12.4. The fourth-order valence-electron chi connectivity index (χ4n) is 2.62. The fourth-order valence-corrected chi connectivity index (χ4v) is 2.62. The number of aromatic nitrogens is 1. The van der Waals surface area contributed by atoms with Crippen molar-refractivity contribution in [2.24, 2.45) is 0 Å². The molecule has 7 heteroatoms. The molecule has 0 unspecified atom stereocenters. The maximum atomic E-state index is 12.4. The number of para-hydroxylation sites is 1. The molecular formula is C21H20N4O3. The van der Waals surface area contributed by atoms with Crippen LogP contribution in [0.15, 0.2) is 79.1 Å². The first kappa shape index (κ1) is 18.9. The zero-order valence-corrected chi connectivity index (χ0v) is 15.1. The highest BCUT2D eigenvalue weighted by atomic mass is 16.2. The van der Waals surface area contributed by atoms with E-state index in [4.69, 9.17) is 0 Å². The molecule has 142 valence electrons. The number of benzene rings is 2. The number of carbonyl (C=O) groups is 3. The van der Waals surface area contributed by atoms with Crippen molar-refractivity contribution in [1.29, 1.82) is 0 Å². The summed E-state index contributed by atoms with van der Waals surface area (Å²) in [6.07, 6.45) is 3.71. The van der Waals surface area contributed by atoms with E-state index in [9.17, 15) is 14.4 Å². The van der Waals surface area contributed by atoms with Crippen LogP contribution in [0.1, 0.15) is 27.1 Å². The Bertz CT molecular complexity index is 953. The molecule has 2 aromatic carbocycles. The SMILES string of the molecule is O=C(CCNC(=O)c1ccccc1)NNC(=O)c1ccccc1-n1cccc1. The van der Waals surface area contributed by atoms with E-state index in [-0.39, 0.29) is 18.9 Å². The minimum Gasteiger partial charge on any atom is -0.352 e. The third kappa shape index (κ3) is 4.85. The summed E-state index contributed by atoms with van der Waals surface area (Å²) in [5.41, 5.74) is 6.43. The second-order valence-electron chi connectivity index (χ2n) is 5.98. The Morgan fingerprint density at radius 2 is 1.43 bits per heavy atom. The van der Waals surface area contributed by atoms with Gasteiger partial charge in [0.25, 0.3) is 11.8 Å². The zero-order chi connectivity index (χ0) is 19.8. The minimum atomic E-state index is -0.425. The topological polar surface area (TPSA) is 92.2 Å². The smallest absolute Gasteiger partial charge is 0.271 e. The molecule has 0 aliphatic heterocycles. The van der Waals surface area contributed by atoms with E-state index in [1.165, 1.54) is 0 Å². The van der Waals surface area contributed by atoms with Crippen molar-refractivity contribution in [3.63, 3.8) is 0 Å². The van der Waals surface area contributed by atoms with E-state index in [2.05, 4.69) is 16.2 Å². The van der Waals surface area contributed by atoms with Crippen LogP contribution in [0.3, 0.4) is 0 Å². The average molecular weight is 376 g/mol. The van der Waals surface area contributed by atoms with Crippen LogP contribution in [0.4, 0.5) is 0 Å². The summed E-state index contributed by atoms with van der Waals surface area (Å²) in [5.74, 6) is -1.08. The van der Waals surface area contributed by atoms with Crippen molar-refractivity contribution in [2.75, 3.05) is 6.54 Å². The lowest BCUT2D eigenvalue weighted by atomic mass is 10.1. The number of nitrogens with zero attached hydrogens (tertiary/aromatic N) is 1. The molecule has 28 heavy (non-hydrogen) atoms. The fraction of sp³-hybridized carbons (Fsp3) is 0.0952. The van der Waals surface area contributed by atoms with Gasteiger partial charge in [0.15, 0.2) is 0 Å². The van der Waals surface area contributed by atoms with Gasteiger partial charge in [-0.25, -0.2) is 0 Å². The molecular weight excluding hydrogens is 356 g/mol. The second-order valence-corrected chi connectivity index (χ2v) is 5.98. The van der Waals surface area contributed by atoms with Crippen LogP contribution in [0, 0.1) is 0 Å². The molecule has 1 heterocycles. The zero-order valence-electron chi connectivity index (χ0n) is 15.1. The van der Waals surface area contributed by atoms with E-state index < -0.39 is 11.8 Å². The highest BCUT2D eigenvalue weighted by molar-refractivity contribution is 5.98. The quantitative estimate of drug-likeness (QED) is 0.575. The van der Waals surface area contributed by atoms with Gasteiger partial charge in [-0.05, 0) is 36.4 Å². The molecule has 0 saturated carbocycles. The van der Waals surface area contributed by atoms with Crippen LogP contribution in [-0.4, -0.2) is 28.8 Å². The minimum absolute atomic E-state index is 0.0398. The number of hydrogen-bond acceptors (Lipinski definition) is 3. The number of carbonyl (C=O) groups excluding carboxylic acids is 3. The van der Waals surface area contributed by atoms with Crippen LogP contribution in [0.25, 0.3) is 5.69 Å². The summed E-state index contributed by atoms with van der Waals surface area (Å²) >= 11 is 0. The Balaban J connectivity index is 1.47. The molecule has 1 aromatic heterocycles. The van der Waals surface area contributed by atoms with Crippen LogP contribution < -0.4 is 16.2 Å². The molecule has 3 aromatic rings. The van der Waals surface area contributed by atoms with E-state index in [1.807, 2.05) is 47.3 Å². The van der Waals surface area contributed by atoms with Gasteiger partial charge in [0.2, 0.25) is 5.91 Å². The third-order valence-corrected chi connectivity index (χ3v) is 4.02. The molecule has 0 aliphatic carbocycles. The van der Waals surface area contributed by atoms with Gasteiger partial charge in [-0.15, -0.1) is 0 Å². The van der Waals surface area contributed by atoms with E-state index >= 15 is 0 Å². The Morgan fingerprint density at radius 3 is 2.18 bits per heavy atom. The lowest BCUT2D eigenvalue weighted by molar-refractivity contribution is -0.121. The van der Waals surface area contributed by atoms with Gasteiger partial charge >= 0.3 is 0 Å². The monoisotopic (exact) mass is 376 g/mol. The molecule has 0 radical (unpaired) electrons. The summed E-state index contributed by atoms with van der Waals surface area (Å²) in [6.45, 7) is 0.162. The largest absolute Gasteiger partial charge is 0.352 e. The summed E-state index contributed by atoms with van der Waals surface area (Å²) in [7, 11) is 0. The highest BCUT2D eigenvalue weighted by Gasteiger charge is 2.13. The van der Waals surface area contributed by atoms with E-state index in [0.29, 0.717) is 16.8 Å². The summed E-state index contributed by atoms with van der Waals surface area (Å²) < 4.78 is 1.82. The third-order valence-electron chi connectivity index (χ3n) is 4.02. The predicted molar refractivity (Wildman–Crippen MR) is 105 cm³/mol. The Labute approximate surface area is 162 Å². The van der Waals surface area contributed by atoms with Gasteiger partial charge in [-0.1, -0.05) is 30.3 Å². The van der Waals surface area contributed by atoms with Gasteiger partial charge in [0, 0.05) is 30.9 Å². The summed E-state index contributed by atoms with van der Waals surface area (Å²) in [6, 6.07) is 19.5. The standard InChI is InChI=1S/C21H20N4O3/c26-19(12-13-22-20(27)16-8-2-1-3-9-16)23-24-21(28)17-10-4-5-11-18(17)25-14-6-7-15-25/h1-11,14-15H,12-13H2,(H,22,27)(H,23,26)(H,24,28). The molecule has 0 atom stereocenters. The van der Waals surface area contributed by atoms with Crippen LogP contribution in [0.2, 0.25) is 0 Å². The first-order valence-electron chi connectivity index (χ1n) is 8.80. The van der Waals surface area contributed by atoms with Crippen molar-refractivity contribution in [3.05, 3.63) is 90.3 Å². The van der Waals surface area contributed by atoms with Crippen LogP contribution >= 0.6 is 0 Å². The van der Waals surface area contributed by atoms with Gasteiger partial charge in [0.05, 0.1) is 11.3 Å².